The van der Waals surface area contributed by atoms with E-state index in [0.717, 1.165) is 17.3 Å². The van der Waals surface area contributed by atoms with Crippen molar-refractivity contribution in [1.82, 2.24) is 9.97 Å². The fourth-order valence-corrected chi connectivity index (χ4v) is 2.27. The molecule has 0 bridgehead atoms. The second-order valence-corrected chi connectivity index (χ2v) is 5.87. The van der Waals surface area contributed by atoms with Crippen LogP contribution in [0, 0.1) is 10.1 Å². The van der Waals surface area contributed by atoms with Gasteiger partial charge in [0.2, 0.25) is 0 Å². The number of rotatable bonds is 7. The van der Waals surface area contributed by atoms with Crippen molar-refractivity contribution in [1.29, 1.82) is 0 Å². The summed E-state index contributed by atoms with van der Waals surface area (Å²) in [7, 11) is 0. The third-order valence-electron chi connectivity index (χ3n) is 3.83. The minimum absolute atomic E-state index is 0.201. The highest BCUT2D eigenvalue weighted by Crippen LogP contribution is 2.25. The van der Waals surface area contributed by atoms with E-state index in [1.807, 2.05) is 60.7 Å². The first-order valence-electron chi connectivity index (χ1n) is 8.60. The summed E-state index contributed by atoms with van der Waals surface area (Å²) in [6.07, 6.45) is 0.985. The van der Waals surface area contributed by atoms with Crippen molar-refractivity contribution in [3.05, 3.63) is 88.1 Å². The van der Waals surface area contributed by atoms with Crippen molar-refractivity contribution < 1.29 is 14.6 Å². The van der Waals surface area contributed by atoms with Crippen LogP contribution in [0.5, 0.6) is 11.9 Å². The average Bonchev–Trinajstić information content (AvgIpc) is 2.76. The molecule has 0 atom stereocenters. The summed E-state index contributed by atoms with van der Waals surface area (Å²) in [5, 5.41) is 19.1. The number of oxime groups is 2. The Labute approximate surface area is 166 Å². The van der Waals surface area contributed by atoms with Gasteiger partial charge in [-0.3, -0.25) is 10.1 Å². The highest BCUT2D eigenvalue weighted by Gasteiger charge is 2.20. The number of hydrogen-bond donors (Lipinski definition) is 0. The van der Waals surface area contributed by atoms with Gasteiger partial charge >= 0.3 is 17.6 Å². The van der Waals surface area contributed by atoms with Gasteiger partial charge in [0, 0.05) is 0 Å². The van der Waals surface area contributed by atoms with Crippen molar-refractivity contribution in [2.45, 2.75) is 13.8 Å². The third kappa shape index (κ3) is 5.19. The van der Waals surface area contributed by atoms with Gasteiger partial charge in [0.25, 0.3) is 0 Å². The summed E-state index contributed by atoms with van der Waals surface area (Å²) in [6.45, 7) is 3.47. The van der Waals surface area contributed by atoms with Crippen LogP contribution in [0.4, 0.5) is 5.69 Å². The van der Waals surface area contributed by atoms with Gasteiger partial charge in [-0.25, -0.2) is 0 Å². The number of hydrogen-bond acceptors (Lipinski definition) is 8. The van der Waals surface area contributed by atoms with Gasteiger partial charge in [0.1, 0.15) is 6.20 Å². The maximum Gasteiger partial charge on any atom is 0.352 e. The van der Waals surface area contributed by atoms with Gasteiger partial charge in [-0.15, -0.1) is 4.98 Å². The number of aromatic nitrogens is 2. The smallest absolute Gasteiger partial charge is 0.328 e. The molecule has 0 spiro atoms. The summed E-state index contributed by atoms with van der Waals surface area (Å²) >= 11 is 0. The van der Waals surface area contributed by atoms with Crippen LogP contribution in [-0.2, 0) is 0 Å². The monoisotopic (exact) mass is 391 g/mol. The first-order chi connectivity index (χ1) is 14.0. The van der Waals surface area contributed by atoms with Crippen molar-refractivity contribution in [2.24, 2.45) is 10.3 Å². The molecule has 0 aliphatic heterocycles. The Bertz CT molecular complexity index is 1050. The van der Waals surface area contributed by atoms with Crippen LogP contribution in [-0.4, -0.2) is 26.3 Å². The van der Waals surface area contributed by atoms with E-state index in [9.17, 15) is 10.1 Å². The number of nitro groups is 1. The SMILES string of the molecule is C/C(=N/Oc1ncc([N+](=O)[O-])c(O/N=C(\C)c2ccccc2)n1)c1ccccc1. The molecule has 9 heteroatoms. The Balaban J connectivity index is 1.82. The van der Waals surface area contributed by atoms with Crippen LogP contribution in [0.15, 0.2) is 77.2 Å². The highest BCUT2D eigenvalue weighted by molar-refractivity contribution is 5.98. The van der Waals surface area contributed by atoms with E-state index in [1.54, 1.807) is 13.8 Å². The summed E-state index contributed by atoms with van der Waals surface area (Å²) in [4.78, 5) is 28.7. The molecule has 0 unspecified atom stereocenters. The summed E-state index contributed by atoms with van der Waals surface area (Å²) in [5.74, 6) is -0.345. The standard InChI is InChI=1S/C20H17N5O4/c1-14(16-9-5-3-6-10-16)23-28-19-18(25(26)27)13-21-20(22-19)29-24-15(2)17-11-7-4-8-12-17/h3-13H,1-2H3/b23-14+,24-15-. The van der Waals surface area contributed by atoms with Gasteiger partial charge < -0.3 is 9.68 Å². The molecule has 3 aromatic rings. The summed E-state index contributed by atoms with van der Waals surface area (Å²) in [5.41, 5.74) is 2.34. The molecule has 1 heterocycles. The van der Waals surface area contributed by atoms with Crippen molar-refractivity contribution in [3.63, 3.8) is 0 Å². The normalized spacial score (nSPS) is 11.8. The lowest BCUT2D eigenvalue weighted by atomic mass is 10.1. The predicted octanol–water partition coefficient (Wildman–Crippen LogP) is 3.99. The van der Waals surface area contributed by atoms with Gasteiger partial charge in [-0.1, -0.05) is 71.0 Å². The molecule has 2 aromatic carbocycles. The first-order valence-corrected chi connectivity index (χ1v) is 8.60. The fourth-order valence-electron chi connectivity index (χ4n) is 2.27. The topological polar surface area (TPSA) is 112 Å². The van der Waals surface area contributed by atoms with Crippen molar-refractivity contribution in [3.8, 4) is 11.9 Å². The Morgan fingerprint density at radius 1 is 0.897 bits per heavy atom. The maximum absolute atomic E-state index is 11.2. The zero-order valence-corrected chi connectivity index (χ0v) is 15.7. The van der Waals surface area contributed by atoms with Crippen LogP contribution in [0.25, 0.3) is 0 Å². The number of nitrogens with zero attached hydrogens (tertiary/aromatic N) is 5. The molecule has 3 rings (SSSR count). The third-order valence-corrected chi connectivity index (χ3v) is 3.83. The Kier molecular flexibility index (Phi) is 6.21. The van der Waals surface area contributed by atoms with Crippen molar-refractivity contribution in [2.75, 3.05) is 0 Å². The quantitative estimate of drug-likeness (QED) is 0.342. The van der Waals surface area contributed by atoms with E-state index >= 15 is 0 Å². The van der Waals surface area contributed by atoms with Crippen LogP contribution >= 0.6 is 0 Å². The van der Waals surface area contributed by atoms with E-state index in [1.165, 1.54) is 0 Å². The Morgan fingerprint density at radius 3 is 1.93 bits per heavy atom. The molecular formula is C20H17N5O4. The zero-order chi connectivity index (χ0) is 20.6. The second kappa shape index (κ2) is 9.18. The molecule has 29 heavy (non-hydrogen) atoms. The second-order valence-electron chi connectivity index (χ2n) is 5.87. The van der Waals surface area contributed by atoms with E-state index in [4.69, 9.17) is 9.68 Å². The average molecular weight is 391 g/mol. The molecule has 0 saturated heterocycles. The molecule has 0 radical (unpaired) electrons. The summed E-state index contributed by atoms with van der Waals surface area (Å²) < 4.78 is 0. The lowest BCUT2D eigenvalue weighted by molar-refractivity contribution is -0.386. The van der Waals surface area contributed by atoms with Crippen LogP contribution in [0.2, 0.25) is 0 Å². The molecule has 0 aliphatic carbocycles. The van der Waals surface area contributed by atoms with Crippen LogP contribution in [0.3, 0.4) is 0 Å². The molecule has 0 saturated carbocycles. The molecule has 0 aliphatic rings. The largest absolute Gasteiger partial charge is 0.352 e. The maximum atomic E-state index is 11.2. The molecule has 1 aromatic heterocycles. The van der Waals surface area contributed by atoms with Crippen molar-refractivity contribution >= 4 is 17.1 Å². The van der Waals surface area contributed by atoms with Gasteiger partial charge in [0.05, 0.1) is 16.3 Å². The number of benzene rings is 2. The van der Waals surface area contributed by atoms with Crippen LogP contribution in [0.1, 0.15) is 25.0 Å². The molecule has 0 amide bonds. The highest BCUT2D eigenvalue weighted by atomic mass is 16.7. The molecular weight excluding hydrogens is 374 g/mol. The lowest BCUT2D eigenvalue weighted by Crippen LogP contribution is -2.04. The molecule has 9 nitrogen and oxygen atoms in total. The van der Waals surface area contributed by atoms with E-state index in [0.29, 0.717) is 11.4 Å². The van der Waals surface area contributed by atoms with Gasteiger partial charge in [0.15, 0.2) is 0 Å². The Hall–Kier alpha value is -4.14. The van der Waals surface area contributed by atoms with E-state index in [-0.39, 0.29) is 11.9 Å². The lowest BCUT2D eigenvalue weighted by Gasteiger charge is -2.04. The Morgan fingerprint density at radius 2 is 1.41 bits per heavy atom. The van der Waals surface area contributed by atoms with Gasteiger partial charge in [-0.05, 0) is 25.0 Å². The van der Waals surface area contributed by atoms with Gasteiger partial charge in [-0.2, -0.15) is 4.98 Å². The minimum atomic E-state index is -0.662. The fraction of sp³-hybridized carbons (Fsp3) is 0.100. The minimum Gasteiger partial charge on any atom is -0.328 e. The van der Waals surface area contributed by atoms with Crippen LogP contribution < -0.4 is 9.68 Å². The summed E-state index contributed by atoms with van der Waals surface area (Å²) in [6, 6.07) is 18.4. The molecule has 0 N–H and O–H groups in total. The predicted molar refractivity (Wildman–Crippen MR) is 107 cm³/mol. The molecule has 146 valence electrons. The van der Waals surface area contributed by atoms with E-state index in [2.05, 4.69) is 20.3 Å². The zero-order valence-electron chi connectivity index (χ0n) is 15.7. The van der Waals surface area contributed by atoms with E-state index < -0.39 is 10.6 Å². The molecule has 0 fully saturated rings. The first kappa shape index (κ1) is 19.6.